The Balaban J connectivity index is 1.43. The summed E-state index contributed by atoms with van der Waals surface area (Å²) in [6.45, 7) is 1.15. The van der Waals surface area contributed by atoms with Crippen LogP contribution in [0, 0.1) is 0 Å². The molecule has 1 aromatic carbocycles. The summed E-state index contributed by atoms with van der Waals surface area (Å²) in [4.78, 5) is 12.3. The van der Waals surface area contributed by atoms with Crippen molar-refractivity contribution in [3.05, 3.63) is 54.0 Å². The smallest absolute Gasteiger partial charge is 0.287 e. The quantitative estimate of drug-likeness (QED) is 0.725. The fraction of sp³-hybridized carbons (Fsp3) is 0.316. The molecule has 0 atom stereocenters. The SMILES string of the molecule is O=C(NCc1cc2ccccc2o1)c1ccc(S(=O)(=O)N2CCCCC2)o1. The lowest BCUT2D eigenvalue weighted by molar-refractivity contribution is 0.0915. The predicted octanol–water partition coefficient (Wildman–Crippen LogP) is 3.13. The molecular formula is C19H20N2O5S. The minimum atomic E-state index is -3.69. The van der Waals surface area contributed by atoms with Crippen molar-refractivity contribution >= 4 is 26.9 Å². The molecule has 0 radical (unpaired) electrons. The zero-order valence-electron chi connectivity index (χ0n) is 14.7. The van der Waals surface area contributed by atoms with Crippen LogP contribution in [0.2, 0.25) is 0 Å². The maximum Gasteiger partial charge on any atom is 0.287 e. The van der Waals surface area contributed by atoms with Crippen molar-refractivity contribution in [2.45, 2.75) is 30.9 Å². The number of nitrogens with one attached hydrogen (secondary N) is 1. The zero-order chi connectivity index (χ0) is 18.9. The number of carbonyl (C=O) groups excluding carboxylic acids is 1. The number of hydrogen-bond donors (Lipinski definition) is 1. The van der Waals surface area contributed by atoms with Gasteiger partial charge < -0.3 is 14.2 Å². The zero-order valence-corrected chi connectivity index (χ0v) is 15.5. The van der Waals surface area contributed by atoms with E-state index in [0.29, 0.717) is 18.8 Å². The van der Waals surface area contributed by atoms with E-state index in [-0.39, 0.29) is 17.4 Å². The van der Waals surface area contributed by atoms with Gasteiger partial charge in [-0.15, -0.1) is 0 Å². The Bertz CT molecular complexity index is 1030. The number of piperidine rings is 1. The summed E-state index contributed by atoms with van der Waals surface area (Å²) < 4.78 is 37.6. The van der Waals surface area contributed by atoms with Gasteiger partial charge in [0, 0.05) is 18.5 Å². The van der Waals surface area contributed by atoms with Gasteiger partial charge in [-0.05, 0) is 37.1 Å². The highest BCUT2D eigenvalue weighted by Crippen LogP contribution is 2.23. The molecule has 4 rings (SSSR count). The average molecular weight is 388 g/mol. The molecule has 1 fully saturated rings. The summed E-state index contributed by atoms with van der Waals surface area (Å²) in [6.07, 6.45) is 2.70. The van der Waals surface area contributed by atoms with E-state index in [9.17, 15) is 13.2 Å². The van der Waals surface area contributed by atoms with Gasteiger partial charge in [-0.3, -0.25) is 4.79 Å². The standard InChI is InChI=1S/C19H20N2O5S/c22-19(20-13-15-12-14-6-2-3-7-16(14)25-15)17-8-9-18(26-17)27(23,24)21-10-4-1-5-11-21/h2-3,6-9,12H,1,4-5,10-11,13H2,(H,20,22). The molecule has 1 N–H and O–H groups in total. The van der Waals surface area contributed by atoms with Gasteiger partial charge in [0.1, 0.15) is 11.3 Å². The van der Waals surface area contributed by atoms with Crippen molar-refractivity contribution in [1.82, 2.24) is 9.62 Å². The van der Waals surface area contributed by atoms with E-state index >= 15 is 0 Å². The number of hydrogen-bond acceptors (Lipinski definition) is 5. The van der Waals surface area contributed by atoms with Crippen LogP contribution >= 0.6 is 0 Å². The summed E-state index contributed by atoms with van der Waals surface area (Å²) in [7, 11) is -3.69. The van der Waals surface area contributed by atoms with Gasteiger partial charge in [-0.1, -0.05) is 24.6 Å². The summed E-state index contributed by atoms with van der Waals surface area (Å²) in [5.74, 6) is 0.0783. The monoisotopic (exact) mass is 388 g/mol. The summed E-state index contributed by atoms with van der Waals surface area (Å²) in [5.41, 5.74) is 0.745. The van der Waals surface area contributed by atoms with Gasteiger partial charge in [0.25, 0.3) is 15.9 Å². The number of furan rings is 2. The van der Waals surface area contributed by atoms with Gasteiger partial charge in [-0.2, -0.15) is 4.31 Å². The molecule has 0 saturated carbocycles. The van der Waals surface area contributed by atoms with Crippen LogP contribution in [0.1, 0.15) is 35.6 Å². The average Bonchev–Trinajstić information content (AvgIpc) is 3.34. The lowest BCUT2D eigenvalue weighted by atomic mass is 10.2. The number of rotatable bonds is 5. The topological polar surface area (TPSA) is 92.8 Å². The molecule has 2 aromatic heterocycles. The summed E-state index contributed by atoms with van der Waals surface area (Å²) in [5, 5.41) is 3.44. The van der Waals surface area contributed by atoms with Crippen molar-refractivity contribution < 1.29 is 22.0 Å². The first-order valence-corrected chi connectivity index (χ1v) is 10.3. The van der Waals surface area contributed by atoms with E-state index in [4.69, 9.17) is 8.83 Å². The Kier molecular flexibility index (Phi) is 4.75. The lowest BCUT2D eigenvalue weighted by Gasteiger charge is -2.24. The summed E-state index contributed by atoms with van der Waals surface area (Å²) in [6, 6.07) is 12.1. The van der Waals surface area contributed by atoms with Crippen LogP contribution in [0.15, 0.2) is 56.4 Å². The van der Waals surface area contributed by atoms with Crippen molar-refractivity contribution in [3.63, 3.8) is 0 Å². The lowest BCUT2D eigenvalue weighted by Crippen LogP contribution is -2.35. The first-order valence-electron chi connectivity index (χ1n) is 8.90. The molecule has 142 valence electrons. The minimum Gasteiger partial charge on any atom is -0.459 e. The van der Waals surface area contributed by atoms with Crippen molar-refractivity contribution in [2.24, 2.45) is 0 Å². The fourth-order valence-corrected chi connectivity index (χ4v) is 4.62. The Labute approximate surface area is 157 Å². The van der Waals surface area contributed by atoms with E-state index < -0.39 is 15.9 Å². The van der Waals surface area contributed by atoms with E-state index in [1.165, 1.54) is 16.4 Å². The molecule has 1 saturated heterocycles. The normalized spacial score (nSPS) is 15.9. The number of para-hydroxylation sites is 1. The second kappa shape index (κ2) is 7.21. The van der Waals surface area contributed by atoms with Gasteiger partial charge in [-0.25, -0.2) is 8.42 Å². The third-order valence-electron chi connectivity index (χ3n) is 4.61. The maximum atomic E-state index is 12.6. The van der Waals surface area contributed by atoms with Gasteiger partial charge in [0.2, 0.25) is 5.09 Å². The molecule has 3 aromatic rings. The molecule has 27 heavy (non-hydrogen) atoms. The molecule has 0 spiro atoms. The van der Waals surface area contributed by atoms with Crippen LogP contribution in [-0.2, 0) is 16.6 Å². The minimum absolute atomic E-state index is 0.0401. The molecular weight excluding hydrogens is 368 g/mol. The number of benzene rings is 1. The van der Waals surface area contributed by atoms with Gasteiger partial charge in [0.15, 0.2) is 5.76 Å². The second-order valence-electron chi connectivity index (χ2n) is 6.52. The Morgan fingerprint density at radius 2 is 1.81 bits per heavy atom. The highest BCUT2D eigenvalue weighted by Gasteiger charge is 2.29. The number of fused-ring (bicyclic) bond motifs is 1. The first kappa shape index (κ1) is 17.8. The number of amides is 1. The predicted molar refractivity (Wildman–Crippen MR) is 98.7 cm³/mol. The van der Waals surface area contributed by atoms with Crippen LogP contribution < -0.4 is 5.32 Å². The highest BCUT2D eigenvalue weighted by molar-refractivity contribution is 7.89. The molecule has 0 bridgehead atoms. The number of carbonyl (C=O) groups is 1. The highest BCUT2D eigenvalue weighted by atomic mass is 32.2. The van der Waals surface area contributed by atoms with Crippen LogP contribution in [0.3, 0.4) is 0 Å². The van der Waals surface area contributed by atoms with Crippen molar-refractivity contribution in [2.75, 3.05) is 13.1 Å². The van der Waals surface area contributed by atoms with Gasteiger partial charge in [0.05, 0.1) is 6.54 Å². The molecule has 8 heteroatoms. The van der Waals surface area contributed by atoms with Crippen molar-refractivity contribution in [3.8, 4) is 0 Å². The number of nitrogens with zero attached hydrogens (tertiary/aromatic N) is 1. The van der Waals surface area contributed by atoms with Crippen LogP contribution in [0.25, 0.3) is 11.0 Å². The van der Waals surface area contributed by atoms with Crippen LogP contribution in [0.4, 0.5) is 0 Å². The van der Waals surface area contributed by atoms with Crippen LogP contribution in [0.5, 0.6) is 0 Å². The molecule has 1 aliphatic heterocycles. The van der Waals surface area contributed by atoms with E-state index in [1.807, 2.05) is 30.3 Å². The number of sulfonamides is 1. The summed E-state index contributed by atoms with van der Waals surface area (Å²) >= 11 is 0. The molecule has 7 nitrogen and oxygen atoms in total. The third-order valence-corrected chi connectivity index (χ3v) is 6.39. The largest absolute Gasteiger partial charge is 0.459 e. The third kappa shape index (κ3) is 3.63. The van der Waals surface area contributed by atoms with Crippen LogP contribution in [-0.4, -0.2) is 31.7 Å². The Morgan fingerprint density at radius 3 is 2.59 bits per heavy atom. The fourth-order valence-electron chi connectivity index (χ4n) is 3.19. The molecule has 0 unspecified atom stereocenters. The second-order valence-corrected chi connectivity index (χ2v) is 8.39. The molecule has 0 aliphatic carbocycles. The molecule has 1 amide bonds. The molecule has 1 aliphatic rings. The Morgan fingerprint density at radius 1 is 1.04 bits per heavy atom. The Hall–Kier alpha value is -2.58. The maximum absolute atomic E-state index is 12.6. The van der Waals surface area contributed by atoms with E-state index in [0.717, 1.165) is 30.2 Å². The van der Waals surface area contributed by atoms with Crippen molar-refractivity contribution in [1.29, 1.82) is 0 Å². The van der Waals surface area contributed by atoms with E-state index in [1.54, 1.807) is 0 Å². The first-order chi connectivity index (χ1) is 13.0. The molecule has 3 heterocycles. The van der Waals surface area contributed by atoms with E-state index in [2.05, 4.69) is 5.32 Å². The van der Waals surface area contributed by atoms with Gasteiger partial charge >= 0.3 is 0 Å².